The molecule has 0 saturated carbocycles. The molecule has 1 aromatic carbocycles. The second kappa shape index (κ2) is 5.64. The van der Waals surface area contributed by atoms with E-state index in [1.165, 1.54) is 0 Å². The van der Waals surface area contributed by atoms with Gasteiger partial charge in [0.15, 0.2) is 0 Å². The first kappa shape index (κ1) is 12.7. The van der Waals surface area contributed by atoms with Gasteiger partial charge in [0.05, 0.1) is 7.11 Å². The summed E-state index contributed by atoms with van der Waals surface area (Å²) in [4.78, 5) is 2.10. The first-order valence-electron chi connectivity index (χ1n) is 4.71. The van der Waals surface area contributed by atoms with Crippen LogP contribution >= 0.6 is 24.2 Å². The minimum Gasteiger partial charge on any atom is -0.496 e. The van der Waals surface area contributed by atoms with E-state index >= 15 is 0 Å². The van der Waals surface area contributed by atoms with E-state index in [0.29, 0.717) is 0 Å². The molecule has 0 aromatic heterocycles. The predicted molar refractivity (Wildman–Crippen MR) is 68.3 cm³/mol. The second-order valence-electron chi connectivity index (χ2n) is 3.55. The van der Waals surface area contributed by atoms with Crippen LogP contribution in [-0.4, -0.2) is 31.9 Å². The molecule has 0 aliphatic rings. The number of halogens is 1. The standard InChI is InChI=1S/C11H16ClNOS/c1-13(2)10(7-15)9-6-8(12)4-5-11(9)14-3/h4-6,10,15H,7H2,1-3H3. The fraction of sp³-hybridized carbons (Fsp3) is 0.455. The number of thiol groups is 1. The van der Waals surface area contributed by atoms with E-state index in [-0.39, 0.29) is 6.04 Å². The molecule has 0 bridgehead atoms. The maximum Gasteiger partial charge on any atom is 0.123 e. The largest absolute Gasteiger partial charge is 0.496 e. The normalized spacial score (nSPS) is 12.9. The molecule has 15 heavy (non-hydrogen) atoms. The summed E-state index contributed by atoms with van der Waals surface area (Å²) in [7, 11) is 5.69. The lowest BCUT2D eigenvalue weighted by atomic mass is 10.1. The SMILES string of the molecule is COc1ccc(Cl)cc1C(CS)N(C)C. The van der Waals surface area contributed by atoms with E-state index in [4.69, 9.17) is 16.3 Å². The zero-order valence-electron chi connectivity index (χ0n) is 9.20. The van der Waals surface area contributed by atoms with Crippen molar-refractivity contribution in [2.45, 2.75) is 6.04 Å². The van der Waals surface area contributed by atoms with Crippen LogP contribution in [0.2, 0.25) is 5.02 Å². The third kappa shape index (κ3) is 3.03. The van der Waals surface area contributed by atoms with Gasteiger partial charge in [-0.05, 0) is 32.3 Å². The number of nitrogens with zero attached hydrogens (tertiary/aromatic N) is 1. The average Bonchev–Trinajstić information content (AvgIpc) is 2.18. The van der Waals surface area contributed by atoms with Crippen LogP contribution in [0.1, 0.15) is 11.6 Å². The quantitative estimate of drug-likeness (QED) is 0.819. The van der Waals surface area contributed by atoms with Crippen molar-refractivity contribution < 1.29 is 4.74 Å². The zero-order chi connectivity index (χ0) is 11.4. The van der Waals surface area contributed by atoms with Crippen molar-refractivity contribution in [1.29, 1.82) is 0 Å². The molecule has 2 nitrogen and oxygen atoms in total. The van der Waals surface area contributed by atoms with Crippen molar-refractivity contribution in [3.8, 4) is 5.75 Å². The highest BCUT2D eigenvalue weighted by atomic mass is 35.5. The molecule has 1 rings (SSSR count). The van der Waals surface area contributed by atoms with E-state index in [1.54, 1.807) is 7.11 Å². The van der Waals surface area contributed by atoms with E-state index in [0.717, 1.165) is 22.1 Å². The molecule has 0 N–H and O–H groups in total. The van der Waals surface area contributed by atoms with E-state index < -0.39 is 0 Å². The number of rotatable bonds is 4. The predicted octanol–water partition coefficient (Wildman–Crippen LogP) is 2.88. The fourth-order valence-corrected chi connectivity index (χ4v) is 2.21. The van der Waals surface area contributed by atoms with Crippen molar-refractivity contribution in [1.82, 2.24) is 4.90 Å². The van der Waals surface area contributed by atoms with Crippen LogP contribution in [-0.2, 0) is 0 Å². The van der Waals surface area contributed by atoms with Gasteiger partial charge in [-0.1, -0.05) is 11.6 Å². The Morgan fingerprint density at radius 2 is 2.13 bits per heavy atom. The van der Waals surface area contributed by atoms with Crippen LogP contribution in [0.5, 0.6) is 5.75 Å². The first-order valence-corrected chi connectivity index (χ1v) is 5.72. The van der Waals surface area contributed by atoms with Crippen LogP contribution in [0.15, 0.2) is 18.2 Å². The lowest BCUT2D eigenvalue weighted by molar-refractivity contribution is 0.313. The van der Waals surface area contributed by atoms with Crippen LogP contribution < -0.4 is 4.74 Å². The van der Waals surface area contributed by atoms with Gasteiger partial charge in [-0.25, -0.2) is 0 Å². The zero-order valence-corrected chi connectivity index (χ0v) is 10.8. The smallest absolute Gasteiger partial charge is 0.123 e. The summed E-state index contributed by atoms with van der Waals surface area (Å²) in [5, 5.41) is 0.722. The third-order valence-corrected chi connectivity index (χ3v) is 2.93. The molecule has 4 heteroatoms. The number of hydrogen-bond acceptors (Lipinski definition) is 3. The van der Waals surface area contributed by atoms with Crippen LogP contribution in [0.4, 0.5) is 0 Å². The van der Waals surface area contributed by atoms with Gasteiger partial charge in [0.25, 0.3) is 0 Å². The molecule has 1 unspecified atom stereocenters. The van der Waals surface area contributed by atoms with Crippen LogP contribution in [0.25, 0.3) is 0 Å². The van der Waals surface area contributed by atoms with E-state index in [1.807, 2.05) is 32.3 Å². The molecule has 84 valence electrons. The van der Waals surface area contributed by atoms with Gasteiger partial charge >= 0.3 is 0 Å². The lowest BCUT2D eigenvalue weighted by Crippen LogP contribution is -2.21. The Balaban J connectivity index is 3.13. The molecule has 0 aliphatic heterocycles. The number of methoxy groups -OCH3 is 1. The molecule has 0 spiro atoms. The average molecular weight is 246 g/mol. The summed E-state index contributed by atoms with van der Waals surface area (Å²) in [6.45, 7) is 0. The topological polar surface area (TPSA) is 12.5 Å². The maximum absolute atomic E-state index is 5.98. The lowest BCUT2D eigenvalue weighted by Gasteiger charge is -2.24. The highest BCUT2D eigenvalue weighted by molar-refractivity contribution is 7.80. The van der Waals surface area contributed by atoms with Gasteiger partial charge in [-0.15, -0.1) is 0 Å². The highest BCUT2D eigenvalue weighted by Gasteiger charge is 2.17. The summed E-state index contributed by atoms with van der Waals surface area (Å²) < 4.78 is 5.31. The number of hydrogen-bond donors (Lipinski definition) is 1. The Morgan fingerprint density at radius 3 is 2.60 bits per heavy atom. The van der Waals surface area contributed by atoms with Crippen molar-refractivity contribution in [2.75, 3.05) is 27.0 Å². The molecule has 1 atom stereocenters. The Bertz CT molecular complexity index is 330. The van der Waals surface area contributed by atoms with Crippen molar-refractivity contribution in [3.63, 3.8) is 0 Å². The molecule has 0 aliphatic carbocycles. The Morgan fingerprint density at radius 1 is 1.47 bits per heavy atom. The second-order valence-corrected chi connectivity index (χ2v) is 4.35. The molecular weight excluding hydrogens is 230 g/mol. The van der Waals surface area contributed by atoms with Crippen LogP contribution in [0, 0.1) is 0 Å². The summed E-state index contributed by atoms with van der Waals surface area (Å²) in [5.74, 6) is 1.58. The monoisotopic (exact) mass is 245 g/mol. The fourth-order valence-electron chi connectivity index (χ4n) is 1.51. The van der Waals surface area contributed by atoms with Crippen molar-refractivity contribution >= 4 is 24.2 Å². The number of benzene rings is 1. The van der Waals surface area contributed by atoms with E-state index in [9.17, 15) is 0 Å². The molecule has 0 fully saturated rings. The Labute approximate surface area is 102 Å². The molecule has 0 heterocycles. The molecule has 0 saturated heterocycles. The summed E-state index contributed by atoms with van der Waals surface area (Å²) in [5.41, 5.74) is 1.07. The van der Waals surface area contributed by atoms with Crippen molar-refractivity contribution in [3.05, 3.63) is 28.8 Å². The minimum absolute atomic E-state index is 0.210. The molecule has 0 radical (unpaired) electrons. The van der Waals surface area contributed by atoms with Crippen LogP contribution in [0.3, 0.4) is 0 Å². The van der Waals surface area contributed by atoms with E-state index in [2.05, 4.69) is 17.5 Å². The Kier molecular flexibility index (Phi) is 4.77. The third-order valence-electron chi connectivity index (χ3n) is 2.35. The molecular formula is C11H16ClNOS. The minimum atomic E-state index is 0.210. The molecule has 1 aromatic rings. The summed E-state index contributed by atoms with van der Waals surface area (Å²) in [6, 6.07) is 5.86. The van der Waals surface area contributed by atoms with Gasteiger partial charge in [0.2, 0.25) is 0 Å². The Hall–Kier alpha value is -0.380. The van der Waals surface area contributed by atoms with Gasteiger partial charge in [-0.3, -0.25) is 0 Å². The first-order chi connectivity index (χ1) is 7.10. The van der Waals surface area contributed by atoms with Gasteiger partial charge in [0, 0.05) is 22.4 Å². The number of ether oxygens (including phenoxy) is 1. The van der Waals surface area contributed by atoms with Gasteiger partial charge < -0.3 is 9.64 Å². The molecule has 0 amide bonds. The summed E-state index contributed by atoms with van der Waals surface area (Å²) >= 11 is 10.3. The highest BCUT2D eigenvalue weighted by Crippen LogP contribution is 2.31. The van der Waals surface area contributed by atoms with Crippen molar-refractivity contribution in [2.24, 2.45) is 0 Å². The van der Waals surface area contributed by atoms with Gasteiger partial charge in [-0.2, -0.15) is 12.6 Å². The maximum atomic E-state index is 5.98. The summed E-state index contributed by atoms with van der Waals surface area (Å²) in [6.07, 6.45) is 0. The van der Waals surface area contributed by atoms with Gasteiger partial charge in [0.1, 0.15) is 5.75 Å².